The summed E-state index contributed by atoms with van der Waals surface area (Å²) in [4.78, 5) is 23.3. The summed E-state index contributed by atoms with van der Waals surface area (Å²) in [6.45, 7) is 3.89. The van der Waals surface area contributed by atoms with Gasteiger partial charge in [-0.1, -0.05) is 24.3 Å². The zero-order chi connectivity index (χ0) is 23.1. The zero-order valence-electron chi connectivity index (χ0n) is 18.3. The molecule has 168 valence electrons. The first-order valence-corrected chi connectivity index (χ1v) is 11.6. The molecular weight excluding hydrogens is 428 g/mol. The van der Waals surface area contributed by atoms with Crippen LogP contribution in [0.1, 0.15) is 18.2 Å². The third kappa shape index (κ3) is 5.23. The summed E-state index contributed by atoms with van der Waals surface area (Å²) >= 11 is 0. The highest BCUT2D eigenvalue weighted by Crippen LogP contribution is 2.26. The number of hydrogen-bond acceptors (Lipinski definition) is 6. The molecule has 9 heteroatoms. The molecule has 1 amide bonds. The van der Waals surface area contributed by atoms with Gasteiger partial charge in [-0.05, 0) is 43.7 Å². The smallest absolute Gasteiger partial charge is 0.265 e. The van der Waals surface area contributed by atoms with E-state index in [1.807, 2.05) is 19.1 Å². The monoisotopic (exact) mass is 454 g/mol. The molecule has 0 bridgehead atoms. The average Bonchev–Trinajstić information content (AvgIpc) is 2.81. The Balaban J connectivity index is 1.96. The highest BCUT2D eigenvalue weighted by atomic mass is 32.2. The Hall–Kier alpha value is -3.46. The van der Waals surface area contributed by atoms with Crippen molar-refractivity contribution in [2.45, 2.75) is 25.3 Å². The molecule has 0 atom stereocenters. The van der Waals surface area contributed by atoms with Gasteiger partial charge in [0.15, 0.2) is 0 Å². The van der Waals surface area contributed by atoms with E-state index in [-0.39, 0.29) is 29.6 Å². The van der Waals surface area contributed by atoms with Crippen LogP contribution in [-0.4, -0.2) is 49.4 Å². The topological polar surface area (TPSA) is 92.7 Å². The van der Waals surface area contributed by atoms with Gasteiger partial charge in [0, 0.05) is 18.8 Å². The van der Waals surface area contributed by atoms with E-state index >= 15 is 0 Å². The number of amides is 1. The molecule has 0 aliphatic heterocycles. The Labute approximate surface area is 188 Å². The average molecular weight is 455 g/mol. The molecule has 0 saturated carbocycles. The van der Waals surface area contributed by atoms with Crippen molar-refractivity contribution in [3.63, 3.8) is 0 Å². The quantitative estimate of drug-likeness (QED) is 0.493. The van der Waals surface area contributed by atoms with Crippen LogP contribution in [0.4, 0.5) is 5.69 Å². The minimum atomic E-state index is -4.02. The molecule has 0 radical (unpaired) electrons. The number of nitrogens with zero attached hydrogens (tertiary/aromatic N) is 4. The number of carbonyl (C=O) groups excluding carboxylic acids is 1. The molecule has 0 fully saturated rings. The van der Waals surface area contributed by atoms with Gasteiger partial charge < -0.3 is 9.64 Å². The third-order valence-corrected chi connectivity index (χ3v) is 6.91. The van der Waals surface area contributed by atoms with E-state index in [1.165, 1.54) is 19.4 Å². The summed E-state index contributed by atoms with van der Waals surface area (Å²) in [5, 5.41) is 0. The van der Waals surface area contributed by atoms with Crippen molar-refractivity contribution >= 4 is 21.6 Å². The van der Waals surface area contributed by atoms with E-state index in [9.17, 15) is 13.2 Å². The molecule has 0 saturated heterocycles. The van der Waals surface area contributed by atoms with Crippen molar-refractivity contribution in [3.8, 4) is 5.88 Å². The number of benzene rings is 1. The number of likely N-dealkylation sites (N-methyl/N-ethyl adjacent to an activating group) is 1. The third-order valence-electron chi connectivity index (χ3n) is 4.97. The molecule has 0 aliphatic carbocycles. The number of hydrogen-bond donors (Lipinski definition) is 0. The highest BCUT2D eigenvalue weighted by Gasteiger charge is 2.30. The lowest BCUT2D eigenvalue weighted by molar-refractivity contribution is -0.130. The number of anilines is 1. The summed E-state index contributed by atoms with van der Waals surface area (Å²) in [7, 11) is -2.55. The van der Waals surface area contributed by atoms with Gasteiger partial charge in [0.25, 0.3) is 10.0 Å². The number of rotatable bonds is 9. The van der Waals surface area contributed by atoms with Gasteiger partial charge in [0.05, 0.1) is 36.1 Å². The molecule has 0 unspecified atom stereocenters. The second kappa shape index (κ2) is 10.2. The molecule has 0 spiro atoms. The Morgan fingerprint density at radius 3 is 2.38 bits per heavy atom. The van der Waals surface area contributed by atoms with E-state index in [0.29, 0.717) is 18.0 Å². The van der Waals surface area contributed by atoms with Gasteiger partial charge in [-0.15, -0.1) is 0 Å². The molecule has 3 rings (SSSR count). The van der Waals surface area contributed by atoms with Crippen LogP contribution in [0, 0.1) is 6.92 Å². The second-order valence-corrected chi connectivity index (χ2v) is 8.90. The van der Waals surface area contributed by atoms with E-state index < -0.39 is 10.0 Å². The van der Waals surface area contributed by atoms with E-state index in [0.717, 1.165) is 10.00 Å². The van der Waals surface area contributed by atoms with Crippen molar-refractivity contribution in [1.82, 2.24) is 14.9 Å². The molecule has 3 aromatic rings. The van der Waals surface area contributed by atoms with Gasteiger partial charge >= 0.3 is 0 Å². The highest BCUT2D eigenvalue weighted by molar-refractivity contribution is 7.93. The summed E-state index contributed by atoms with van der Waals surface area (Å²) < 4.78 is 33.4. The van der Waals surface area contributed by atoms with E-state index in [2.05, 4.69) is 9.97 Å². The molecule has 8 nitrogen and oxygen atoms in total. The maximum Gasteiger partial charge on any atom is 0.265 e. The van der Waals surface area contributed by atoms with Gasteiger partial charge in [0.2, 0.25) is 11.8 Å². The van der Waals surface area contributed by atoms with Crippen LogP contribution < -0.4 is 9.04 Å². The standard InChI is InChI=1S/C23H26N4O4S/c1-4-26(16-19-10-7-8-14-24-19)23(28)17-27(20-12-13-22(31-3)25-15-20)32(29,30)21-11-6-5-9-18(21)2/h5-15H,4,16-17H2,1-3H3. The van der Waals surface area contributed by atoms with Crippen LogP contribution >= 0.6 is 0 Å². The summed E-state index contributed by atoms with van der Waals surface area (Å²) in [5.41, 5.74) is 1.59. The number of pyridine rings is 2. The normalized spacial score (nSPS) is 11.1. The first kappa shape index (κ1) is 23.2. The molecule has 2 heterocycles. The number of aromatic nitrogens is 2. The minimum absolute atomic E-state index is 0.136. The van der Waals surface area contributed by atoms with Gasteiger partial charge in [0.1, 0.15) is 6.54 Å². The van der Waals surface area contributed by atoms with Crippen molar-refractivity contribution in [3.05, 3.63) is 78.2 Å². The maximum absolute atomic E-state index is 13.6. The molecule has 0 aliphatic rings. The first-order chi connectivity index (χ1) is 15.4. The van der Waals surface area contributed by atoms with Crippen molar-refractivity contribution in [1.29, 1.82) is 0 Å². The molecule has 0 N–H and O–H groups in total. The van der Waals surface area contributed by atoms with Crippen LogP contribution in [0.2, 0.25) is 0 Å². The van der Waals surface area contributed by atoms with Crippen molar-refractivity contribution in [2.75, 3.05) is 24.5 Å². The second-order valence-electron chi connectivity index (χ2n) is 7.06. The van der Waals surface area contributed by atoms with Gasteiger partial charge in [-0.25, -0.2) is 13.4 Å². The van der Waals surface area contributed by atoms with Crippen LogP contribution in [0.5, 0.6) is 5.88 Å². The Bertz CT molecular complexity index is 1150. The van der Waals surface area contributed by atoms with Gasteiger partial charge in [-0.3, -0.25) is 14.1 Å². The Kier molecular flexibility index (Phi) is 7.42. The summed E-state index contributed by atoms with van der Waals surface area (Å²) in [6.07, 6.45) is 3.04. The lowest BCUT2D eigenvalue weighted by Gasteiger charge is -2.28. The molecule has 32 heavy (non-hydrogen) atoms. The molecule has 2 aromatic heterocycles. The Morgan fingerprint density at radius 1 is 1.03 bits per heavy atom. The first-order valence-electron chi connectivity index (χ1n) is 10.1. The fourth-order valence-corrected chi connectivity index (χ4v) is 4.84. The fourth-order valence-electron chi connectivity index (χ4n) is 3.21. The predicted molar refractivity (Wildman–Crippen MR) is 122 cm³/mol. The number of carbonyl (C=O) groups is 1. The SMILES string of the molecule is CCN(Cc1ccccn1)C(=O)CN(c1ccc(OC)nc1)S(=O)(=O)c1ccccc1C. The van der Waals surface area contributed by atoms with E-state index in [4.69, 9.17) is 4.74 Å². The molecule has 1 aromatic carbocycles. The lowest BCUT2D eigenvalue weighted by atomic mass is 10.2. The summed E-state index contributed by atoms with van der Waals surface area (Å²) in [6, 6.07) is 15.3. The Morgan fingerprint density at radius 2 is 1.78 bits per heavy atom. The summed E-state index contributed by atoms with van der Waals surface area (Å²) in [5.74, 6) is 0.00443. The number of aryl methyl sites for hydroxylation is 1. The van der Waals surface area contributed by atoms with Gasteiger partial charge in [-0.2, -0.15) is 0 Å². The number of ether oxygens (including phenoxy) is 1. The molecular formula is C23H26N4O4S. The van der Waals surface area contributed by atoms with E-state index in [1.54, 1.807) is 54.4 Å². The largest absolute Gasteiger partial charge is 0.481 e. The van der Waals surface area contributed by atoms with Crippen LogP contribution in [0.25, 0.3) is 0 Å². The fraction of sp³-hybridized carbons (Fsp3) is 0.261. The minimum Gasteiger partial charge on any atom is -0.481 e. The van der Waals surface area contributed by atoms with Crippen molar-refractivity contribution < 1.29 is 17.9 Å². The lowest BCUT2D eigenvalue weighted by Crippen LogP contribution is -2.43. The number of methoxy groups -OCH3 is 1. The van der Waals surface area contributed by atoms with Crippen molar-refractivity contribution in [2.24, 2.45) is 0 Å². The van der Waals surface area contributed by atoms with Crippen LogP contribution in [0.15, 0.2) is 71.9 Å². The van der Waals surface area contributed by atoms with Crippen LogP contribution in [-0.2, 0) is 21.4 Å². The zero-order valence-corrected chi connectivity index (χ0v) is 19.1. The predicted octanol–water partition coefficient (Wildman–Crippen LogP) is 3.04. The van der Waals surface area contributed by atoms with Crippen LogP contribution in [0.3, 0.4) is 0 Å². The maximum atomic E-state index is 13.6. The number of sulfonamides is 1.